The van der Waals surface area contributed by atoms with Gasteiger partial charge in [0.25, 0.3) is 11.5 Å². The van der Waals surface area contributed by atoms with Crippen LogP contribution < -0.4 is 14.9 Å². The Morgan fingerprint density at radius 3 is 2.51 bits per heavy atom. The number of aromatic hydroxyl groups is 1. The molecule has 182 valence electrons. The summed E-state index contributed by atoms with van der Waals surface area (Å²) in [5, 5.41) is 11.1. The largest absolute Gasteiger partial charge is 0.506 e. The summed E-state index contributed by atoms with van der Waals surface area (Å²) < 4.78 is 3.67. The van der Waals surface area contributed by atoms with E-state index in [1.54, 1.807) is 27.7 Å². The van der Waals surface area contributed by atoms with Gasteiger partial charge in [0, 0.05) is 27.2 Å². The Morgan fingerprint density at radius 2 is 1.89 bits per heavy atom. The molecule has 3 aromatic rings. The minimum absolute atomic E-state index is 0.125. The van der Waals surface area contributed by atoms with Gasteiger partial charge >= 0.3 is 0 Å². The number of phenolic OH excluding ortho intramolecular Hbond substituents is 1. The number of halogens is 3. The number of phenols is 1. The third-order valence-electron chi connectivity index (χ3n) is 5.83. The molecule has 0 aliphatic carbocycles. The van der Waals surface area contributed by atoms with Gasteiger partial charge in [-0.05, 0) is 102 Å². The fourth-order valence-electron chi connectivity index (χ4n) is 4.07. The number of aromatic nitrogens is 1. The summed E-state index contributed by atoms with van der Waals surface area (Å²) >= 11 is 11.6. The molecule has 2 aromatic carbocycles. The normalized spacial score (nSPS) is 15.7. The van der Waals surface area contributed by atoms with Crippen molar-refractivity contribution in [3.8, 4) is 5.75 Å². The van der Waals surface area contributed by atoms with Crippen molar-refractivity contribution in [2.75, 3.05) is 13.1 Å². The van der Waals surface area contributed by atoms with E-state index in [4.69, 9.17) is 11.6 Å². The molecule has 1 amide bonds. The van der Waals surface area contributed by atoms with Gasteiger partial charge in [0.1, 0.15) is 5.75 Å². The number of hydrogen-bond donors (Lipinski definition) is 1. The fraction of sp³-hybridized carbons (Fsp3) is 0.240. The van der Waals surface area contributed by atoms with Crippen molar-refractivity contribution in [1.82, 2.24) is 9.47 Å². The SMILES string of the molecule is CCN(CC)C(=O)C1=C(C)N=c2s/c(=C/c3cc(I)cc(I)c3O)c(=O)n2[C@@H]1c1ccc(Cl)cc1. The van der Waals surface area contributed by atoms with Crippen molar-refractivity contribution >= 4 is 80.1 Å². The number of carbonyl (C=O) groups is 1. The number of thiazole rings is 1. The van der Waals surface area contributed by atoms with Crippen LogP contribution in [0.3, 0.4) is 0 Å². The van der Waals surface area contributed by atoms with E-state index >= 15 is 0 Å². The van der Waals surface area contributed by atoms with E-state index in [-0.39, 0.29) is 17.2 Å². The van der Waals surface area contributed by atoms with Crippen LogP contribution in [0.5, 0.6) is 5.75 Å². The van der Waals surface area contributed by atoms with Crippen LogP contribution in [0.2, 0.25) is 5.02 Å². The Morgan fingerprint density at radius 1 is 1.23 bits per heavy atom. The number of likely N-dealkylation sites (N-methyl/N-ethyl adjacent to an activating group) is 1. The molecule has 1 atom stereocenters. The maximum atomic E-state index is 13.8. The molecule has 6 nitrogen and oxygen atoms in total. The first-order chi connectivity index (χ1) is 16.7. The van der Waals surface area contributed by atoms with Crippen molar-refractivity contribution < 1.29 is 9.90 Å². The van der Waals surface area contributed by atoms with E-state index in [9.17, 15) is 14.7 Å². The van der Waals surface area contributed by atoms with E-state index in [1.807, 2.05) is 45.0 Å². The molecule has 1 N–H and O–H groups in total. The smallest absolute Gasteiger partial charge is 0.271 e. The second-order valence-corrected chi connectivity index (χ2v) is 11.8. The minimum atomic E-state index is -0.636. The minimum Gasteiger partial charge on any atom is -0.506 e. The summed E-state index contributed by atoms with van der Waals surface area (Å²) in [6.45, 7) is 6.77. The summed E-state index contributed by atoms with van der Waals surface area (Å²) in [7, 11) is 0. The second kappa shape index (κ2) is 10.7. The number of allylic oxidation sites excluding steroid dienone is 1. The Labute approximate surface area is 238 Å². The molecule has 4 rings (SSSR count). The molecule has 0 saturated carbocycles. The summed E-state index contributed by atoms with van der Waals surface area (Å²) in [6, 6.07) is 10.3. The Bertz CT molecular complexity index is 1520. The lowest BCUT2D eigenvalue weighted by Gasteiger charge is -2.29. The van der Waals surface area contributed by atoms with Crippen molar-refractivity contribution in [3.05, 3.63) is 90.6 Å². The predicted octanol–water partition coefficient (Wildman–Crippen LogP) is 4.67. The molecule has 0 saturated heterocycles. The molecule has 1 aromatic heterocycles. The number of amides is 1. The lowest BCUT2D eigenvalue weighted by molar-refractivity contribution is -0.127. The average molecular weight is 734 g/mol. The summed E-state index contributed by atoms with van der Waals surface area (Å²) in [6.07, 6.45) is 1.69. The maximum Gasteiger partial charge on any atom is 0.271 e. The van der Waals surface area contributed by atoms with Gasteiger partial charge in [0.05, 0.1) is 25.4 Å². The topological polar surface area (TPSA) is 74.9 Å². The molecular formula is C25H22ClI2N3O3S. The molecule has 0 fully saturated rings. The van der Waals surface area contributed by atoms with Gasteiger partial charge in [-0.1, -0.05) is 35.1 Å². The van der Waals surface area contributed by atoms with E-state index in [2.05, 4.69) is 50.2 Å². The number of nitrogens with zero attached hydrogens (tertiary/aromatic N) is 3. The highest BCUT2D eigenvalue weighted by Crippen LogP contribution is 2.32. The average Bonchev–Trinajstić information content (AvgIpc) is 3.12. The summed E-state index contributed by atoms with van der Waals surface area (Å²) in [4.78, 5) is 34.3. The van der Waals surface area contributed by atoms with Crippen LogP contribution in [0.1, 0.15) is 37.9 Å². The number of carbonyl (C=O) groups excluding carboxylic acids is 1. The Kier molecular flexibility index (Phi) is 8.08. The molecule has 0 radical (unpaired) electrons. The maximum absolute atomic E-state index is 13.8. The zero-order valence-corrected chi connectivity index (χ0v) is 25.1. The molecule has 0 unspecified atom stereocenters. The van der Waals surface area contributed by atoms with Gasteiger partial charge < -0.3 is 10.0 Å². The van der Waals surface area contributed by atoms with Crippen LogP contribution in [-0.4, -0.2) is 33.6 Å². The first-order valence-electron chi connectivity index (χ1n) is 10.9. The van der Waals surface area contributed by atoms with Crippen molar-refractivity contribution in [2.45, 2.75) is 26.8 Å². The molecule has 2 heterocycles. The first kappa shape index (κ1) is 26.4. The van der Waals surface area contributed by atoms with Crippen LogP contribution in [0.15, 0.2) is 57.5 Å². The van der Waals surface area contributed by atoms with Gasteiger partial charge in [0.15, 0.2) is 4.80 Å². The molecule has 35 heavy (non-hydrogen) atoms. The van der Waals surface area contributed by atoms with Crippen molar-refractivity contribution in [1.29, 1.82) is 0 Å². The predicted molar refractivity (Wildman–Crippen MR) is 157 cm³/mol. The number of benzene rings is 2. The monoisotopic (exact) mass is 733 g/mol. The van der Waals surface area contributed by atoms with Gasteiger partial charge in [-0.25, -0.2) is 4.99 Å². The molecule has 0 bridgehead atoms. The Balaban J connectivity index is 1.99. The quantitative estimate of drug-likeness (QED) is 0.388. The van der Waals surface area contributed by atoms with E-state index in [0.717, 1.165) is 9.13 Å². The van der Waals surface area contributed by atoms with Crippen molar-refractivity contribution in [2.24, 2.45) is 4.99 Å². The highest BCUT2D eigenvalue weighted by atomic mass is 127. The van der Waals surface area contributed by atoms with E-state index < -0.39 is 6.04 Å². The number of hydrogen-bond acceptors (Lipinski definition) is 5. The number of fused-ring (bicyclic) bond motifs is 1. The molecule has 10 heteroatoms. The molecule has 0 spiro atoms. The second-order valence-electron chi connectivity index (χ2n) is 7.94. The standard InChI is InChI=1S/C25H22ClI2N3O3S/c1-4-30(5-2)24(34)20-13(3)29-25-31(21(20)14-6-8-16(26)9-7-14)23(33)19(35-25)11-15-10-17(27)12-18(28)22(15)32/h6-12,21,32H,4-5H2,1-3H3/b19-11+/t21-/m1/s1. The third-order valence-corrected chi connectivity index (χ3v) is 8.51. The lowest BCUT2D eigenvalue weighted by atomic mass is 9.94. The van der Waals surface area contributed by atoms with Crippen LogP contribution in [0.25, 0.3) is 6.08 Å². The zero-order valence-electron chi connectivity index (χ0n) is 19.2. The van der Waals surface area contributed by atoms with Crippen LogP contribution in [0.4, 0.5) is 0 Å². The van der Waals surface area contributed by atoms with Gasteiger partial charge in [-0.15, -0.1) is 0 Å². The van der Waals surface area contributed by atoms with E-state index in [0.29, 0.717) is 47.8 Å². The third kappa shape index (κ3) is 5.09. The van der Waals surface area contributed by atoms with Crippen LogP contribution >= 0.6 is 68.1 Å². The van der Waals surface area contributed by atoms with Gasteiger partial charge in [-0.2, -0.15) is 0 Å². The van der Waals surface area contributed by atoms with E-state index in [1.165, 1.54) is 11.3 Å². The lowest BCUT2D eigenvalue weighted by Crippen LogP contribution is -2.43. The molecule has 1 aliphatic heterocycles. The van der Waals surface area contributed by atoms with Crippen molar-refractivity contribution in [3.63, 3.8) is 0 Å². The van der Waals surface area contributed by atoms with Crippen LogP contribution in [-0.2, 0) is 4.79 Å². The highest BCUT2D eigenvalue weighted by Gasteiger charge is 2.34. The number of rotatable bonds is 5. The Hall–Kier alpha value is -1.70. The van der Waals surface area contributed by atoms with Gasteiger partial charge in [-0.3, -0.25) is 14.2 Å². The molecule has 1 aliphatic rings. The molecular weight excluding hydrogens is 712 g/mol. The zero-order chi connectivity index (χ0) is 25.4. The van der Waals surface area contributed by atoms with Gasteiger partial charge in [0.2, 0.25) is 0 Å². The summed E-state index contributed by atoms with van der Waals surface area (Å²) in [5.41, 5.74) is 2.13. The highest BCUT2D eigenvalue weighted by molar-refractivity contribution is 14.1. The first-order valence-corrected chi connectivity index (χ1v) is 14.3. The fourth-order valence-corrected chi connectivity index (χ4v) is 7.13. The van der Waals surface area contributed by atoms with Crippen LogP contribution in [0, 0.1) is 7.14 Å². The summed E-state index contributed by atoms with van der Waals surface area (Å²) in [5.74, 6) is -0.0185.